The van der Waals surface area contributed by atoms with Crippen molar-refractivity contribution in [2.45, 2.75) is 44.9 Å². The summed E-state index contributed by atoms with van der Waals surface area (Å²) in [7, 11) is 0. The number of carbonyl (C=O) groups is 2. The second-order valence-electron chi connectivity index (χ2n) is 6.82. The summed E-state index contributed by atoms with van der Waals surface area (Å²) in [4.78, 5) is 29.8. The fraction of sp³-hybridized carbons (Fsp3) is 0.882. The molecular formula is C17H28N2O2S. The zero-order valence-electron chi connectivity index (χ0n) is 13.5. The van der Waals surface area contributed by atoms with Crippen LogP contribution in [0, 0.1) is 11.8 Å². The van der Waals surface area contributed by atoms with Gasteiger partial charge in [-0.3, -0.25) is 9.59 Å². The van der Waals surface area contributed by atoms with E-state index in [-0.39, 0.29) is 23.7 Å². The van der Waals surface area contributed by atoms with Gasteiger partial charge in [-0.25, -0.2) is 0 Å². The molecule has 4 nitrogen and oxygen atoms in total. The summed E-state index contributed by atoms with van der Waals surface area (Å²) in [6.45, 7) is 3.55. The molecule has 2 atom stereocenters. The number of nitrogens with zero attached hydrogens (tertiary/aromatic N) is 2. The topological polar surface area (TPSA) is 40.6 Å². The van der Waals surface area contributed by atoms with Gasteiger partial charge in [0.2, 0.25) is 11.8 Å². The lowest BCUT2D eigenvalue weighted by atomic mass is 9.77. The molecule has 2 aliphatic heterocycles. The van der Waals surface area contributed by atoms with Crippen LogP contribution in [0.5, 0.6) is 0 Å². The first-order valence-corrected chi connectivity index (χ1v) is 10.1. The molecule has 0 aromatic carbocycles. The van der Waals surface area contributed by atoms with Crippen LogP contribution in [0.25, 0.3) is 0 Å². The van der Waals surface area contributed by atoms with Gasteiger partial charge in [0.15, 0.2) is 0 Å². The first-order chi connectivity index (χ1) is 10.8. The van der Waals surface area contributed by atoms with Crippen molar-refractivity contribution in [1.82, 2.24) is 9.80 Å². The molecule has 0 spiro atoms. The summed E-state index contributed by atoms with van der Waals surface area (Å²) >= 11 is 1.94. The Morgan fingerprint density at radius 2 is 1.23 bits per heavy atom. The van der Waals surface area contributed by atoms with E-state index < -0.39 is 0 Å². The van der Waals surface area contributed by atoms with Gasteiger partial charge in [0.05, 0.1) is 0 Å². The molecule has 2 saturated heterocycles. The maximum absolute atomic E-state index is 13.0. The van der Waals surface area contributed by atoms with Crippen molar-refractivity contribution in [3.8, 4) is 0 Å². The molecule has 0 radical (unpaired) electrons. The van der Waals surface area contributed by atoms with Gasteiger partial charge in [-0.1, -0.05) is 12.8 Å². The molecule has 22 heavy (non-hydrogen) atoms. The molecule has 2 amide bonds. The molecule has 0 N–H and O–H groups in total. The molecule has 124 valence electrons. The highest BCUT2D eigenvalue weighted by atomic mass is 32.2. The Labute approximate surface area is 138 Å². The lowest BCUT2D eigenvalue weighted by Gasteiger charge is -2.35. The number of amides is 2. The summed E-state index contributed by atoms with van der Waals surface area (Å²) in [5, 5.41) is 0. The Hall–Kier alpha value is -0.710. The predicted octanol–water partition coefficient (Wildman–Crippen LogP) is 2.38. The summed E-state index contributed by atoms with van der Waals surface area (Å²) in [6, 6.07) is 0. The number of hydrogen-bond donors (Lipinski definition) is 0. The Morgan fingerprint density at radius 3 is 1.86 bits per heavy atom. The minimum absolute atomic E-state index is 0.0461. The number of likely N-dealkylation sites (tertiary alicyclic amines) is 1. The van der Waals surface area contributed by atoms with Crippen LogP contribution in [0.1, 0.15) is 44.9 Å². The van der Waals surface area contributed by atoms with E-state index in [1.165, 1.54) is 0 Å². The molecule has 0 aromatic heterocycles. The van der Waals surface area contributed by atoms with Gasteiger partial charge in [-0.2, -0.15) is 11.8 Å². The van der Waals surface area contributed by atoms with Gasteiger partial charge in [-0.05, 0) is 37.9 Å². The van der Waals surface area contributed by atoms with Crippen molar-refractivity contribution in [3.63, 3.8) is 0 Å². The van der Waals surface area contributed by atoms with E-state index in [9.17, 15) is 9.59 Å². The van der Waals surface area contributed by atoms with Gasteiger partial charge in [0.1, 0.15) is 0 Å². The number of rotatable bonds is 2. The zero-order valence-corrected chi connectivity index (χ0v) is 14.3. The van der Waals surface area contributed by atoms with Gasteiger partial charge >= 0.3 is 0 Å². The molecule has 0 unspecified atom stereocenters. The van der Waals surface area contributed by atoms with E-state index in [2.05, 4.69) is 0 Å². The van der Waals surface area contributed by atoms with Crippen LogP contribution >= 0.6 is 11.8 Å². The second kappa shape index (κ2) is 7.71. The van der Waals surface area contributed by atoms with Crippen molar-refractivity contribution in [2.24, 2.45) is 11.8 Å². The summed E-state index contributed by atoms with van der Waals surface area (Å²) in [6.07, 6.45) is 7.36. The van der Waals surface area contributed by atoms with E-state index in [4.69, 9.17) is 0 Å². The van der Waals surface area contributed by atoms with E-state index in [1.54, 1.807) is 0 Å². The highest BCUT2D eigenvalue weighted by Gasteiger charge is 2.40. The summed E-state index contributed by atoms with van der Waals surface area (Å²) in [5.74, 6) is 2.63. The monoisotopic (exact) mass is 324 g/mol. The van der Waals surface area contributed by atoms with Crippen LogP contribution in [0.2, 0.25) is 0 Å². The lowest BCUT2D eigenvalue weighted by Crippen LogP contribution is -2.46. The number of thioether (sulfide) groups is 1. The first kappa shape index (κ1) is 16.2. The van der Waals surface area contributed by atoms with Crippen molar-refractivity contribution >= 4 is 23.6 Å². The van der Waals surface area contributed by atoms with Crippen molar-refractivity contribution in [3.05, 3.63) is 0 Å². The molecule has 3 aliphatic rings. The minimum Gasteiger partial charge on any atom is -0.342 e. The molecule has 3 fully saturated rings. The van der Waals surface area contributed by atoms with Gasteiger partial charge in [0.25, 0.3) is 0 Å². The maximum Gasteiger partial charge on any atom is 0.226 e. The van der Waals surface area contributed by atoms with Gasteiger partial charge < -0.3 is 9.80 Å². The molecule has 0 bridgehead atoms. The Balaban J connectivity index is 1.68. The summed E-state index contributed by atoms with van der Waals surface area (Å²) in [5.41, 5.74) is 0. The SMILES string of the molecule is O=C([C@H]1CCCC[C@H]1C(=O)N1CCCSCC1)N1CCCC1. The Bertz CT molecular complexity index is 401. The maximum atomic E-state index is 13.0. The van der Waals surface area contributed by atoms with E-state index >= 15 is 0 Å². The second-order valence-corrected chi connectivity index (χ2v) is 8.05. The minimum atomic E-state index is -0.0510. The number of hydrogen-bond acceptors (Lipinski definition) is 3. The number of carbonyl (C=O) groups excluding carboxylic acids is 2. The average molecular weight is 324 g/mol. The Kier molecular flexibility index (Phi) is 5.66. The van der Waals surface area contributed by atoms with Crippen LogP contribution < -0.4 is 0 Å². The normalized spacial score (nSPS) is 30.2. The molecular weight excluding hydrogens is 296 g/mol. The van der Waals surface area contributed by atoms with E-state index in [0.717, 1.165) is 82.6 Å². The molecule has 5 heteroatoms. The average Bonchev–Trinajstić information content (AvgIpc) is 2.96. The molecule has 1 aliphatic carbocycles. The zero-order chi connectivity index (χ0) is 15.4. The smallest absolute Gasteiger partial charge is 0.226 e. The highest BCUT2D eigenvalue weighted by molar-refractivity contribution is 7.99. The van der Waals surface area contributed by atoms with Crippen molar-refractivity contribution in [1.29, 1.82) is 0 Å². The van der Waals surface area contributed by atoms with Crippen molar-refractivity contribution < 1.29 is 9.59 Å². The van der Waals surface area contributed by atoms with E-state index in [1.807, 2.05) is 21.6 Å². The van der Waals surface area contributed by atoms with Crippen LogP contribution in [-0.4, -0.2) is 59.3 Å². The fourth-order valence-electron chi connectivity index (χ4n) is 4.10. The van der Waals surface area contributed by atoms with Gasteiger partial charge in [-0.15, -0.1) is 0 Å². The van der Waals surface area contributed by atoms with Crippen LogP contribution in [0.3, 0.4) is 0 Å². The third-order valence-corrected chi connectivity index (χ3v) is 6.40. The van der Waals surface area contributed by atoms with E-state index in [0.29, 0.717) is 0 Å². The molecule has 2 heterocycles. The lowest BCUT2D eigenvalue weighted by molar-refractivity contribution is -0.147. The highest BCUT2D eigenvalue weighted by Crippen LogP contribution is 2.34. The quantitative estimate of drug-likeness (QED) is 0.783. The third kappa shape index (κ3) is 3.61. The van der Waals surface area contributed by atoms with Gasteiger partial charge in [0, 0.05) is 43.8 Å². The standard InChI is InChI=1S/C17H28N2O2S/c20-16(18-8-3-4-9-18)14-6-1-2-7-15(14)17(21)19-10-5-12-22-13-11-19/h14-15H,1-13H2/t14-,15+/m0/s1. The van der Waals surface area contributed by atoms with Crippen molar-refractivity contribution in [2.75, 3.05) is 37.7 Å². The van der Waals surface area contributed by atoms with Crippen LogP contribution in [-0.2, 0) is 9.59 Å². The fourth-order valence-corrected chi connectivity index (χ4v) is 4.98. The predicted molar refractivity (Wildman–Crippen MR) is 89.8 cm³/mol. The first-order valence-electron chi connectivity index (χ1n) is 8.92. The Morgan fingerprint density at radius 1 is 0.682 bits per heavy atom. The largest absolute Gasteiger partial charge is 0.342 e. The summed E-state index contributed by atoms with van der Waals surface area (Å²) < 4.78 is 0. The van der Waals surface area contributed by atoms with Crippen LogP contribution in [0.15, 0.2) is 0 Å². The molecule has 3 rings (SSSR count). The third-order valence-electron chi connectivity index (χ3n) is 5.35. The van der Waals surface area contributed by atoms with Crippen LogP contribution in [0.4, 0.5) is 0 Å². The molecule has 0 aromatic rings. The molecule has 1 saturated carbocycles.